The van der Waals surface area contributed by atoms with E-state index in [0.717, 1.165) is 23.8 Å². The normalized spacial score (nSPS) is 13.2. The molecule has 92 valence electrons. The van der Waals surface area contributed by atoms with Crippen LogP contribution >= 0.6 is 0 Å². The fourth-order valence-corrected chi connectivity index (χ4v) is 1.75. The Morgan fingerprint density at radius 3 is 2.88 bits per heavy atom. The van der Waals surface area contributed by atoms with Crippen molar-refractivity contribution in [2.45, 2.75) is 39.7 Å². The summed E-state index contributed by atoms with van der Waals surface area (Å²) in [6.45, 7) is 6.65. The van der Waals surface area contributed by atoms with Crippen molar-refractivity contribution in [1.82, 2.24) is 19.6 Å². The van der Waals surface area contributed by atoms with Gasteiger partial charge in [-0.1, -0.05) is 13.8 Å². The molecule has 0 saturated heterocycles. The van der Waals surface area contributed by atoms with Gasteiger partial charge in [0.1, 0.15) is 6.33 Å². The highest BCUT2D eigenvalue weighted by molar-refractivity contribution is 5.61. The second-order valence-electron chi connectivity index (χ2n) is 4.85. The molecule has 1 N–H and O–H groups in total. The summed E-state index contributed by atoms with van der Waals surface area (Å²) < 4.78 is 1.87. The topological polar surface area (TPSA) is 55.1 Å². The number of fused-ring (bicyclic) bond motifs is 1. The van der Waals surface area contributed by atoms with E-state index >= 15 is 0 Å². The molecule has 0 radical (unpaired) electrons. The highest BCUT2D eigenvalue weighted by Gasteiger charge is 2.08. The van der Waals surface area contributed by atoms with Crippen molar-refractivity contribution in [3.05, 3.63) is 18.7 Å². The third-order valence-electron chi connectivity index (χ3n) is 2.78. The van der Waals surface area contributed by atoms with Crippen molar-refractivity contribution in [3.8, 4) is 0 Å². The van der Waals surface area contributed by atoms with Crippen LogP contribution in [-0.4, -0.2) is 25.6 Å². The first-order valence-corrected chi connectivity index (χ1v) is 6.07. The molecular weight excluding hydrogens is 214 g/mol. The highest BCUT2D eigenvalue weighted by atomic mass is 15.2. The van der Waals surface area contributed by atoms with Gasteiger partial charge in [-0.3, -0.25) is 4.40 Å². The molecule has 5 nitrogen and oxygen atoms in total. The Bertz CT molecular complexity index is 476. The second kappa shape index (κ2) is 5.12. The van der Waals surface area contributed by atoms with Gasteiger partial charge < -0.3 is 5.32 Å². The van der Waals surface area contributed by atoms with Crippen molar-refractivity contribution >= 4 is 11.5 Å². The van der Waals surface area contributed by atoms with Gasteiger partial charge in [0.15, 0.2) is 5.82 Å². The lowest BCUT2D eigenvalue weighted by Crippen LogP contribution is -2.17. The fourth-order valence-electron chi connectivity index (χ4n) is 1.75. The molecule has 1 atom stereocenters. The van der Waals surface area contributed by atoms with Crippen LogP contribution in [0.1, 0.15) is 33.6 Å². The van der Waals surface area contributed by atoms with Crippen LogP contribution in [0.5, 0.6) is 0 Å². The molecule has 0 amide bonds. The van der Waals surface area contributed by atoms with Crippen LogP contribution in [0.25, 0.3) is 5.65 Å². The third kappa shape index (κ3) is 2.93. The zero-order valence-corrected chi connectivity index (χ0v) is 10.6. The number of rotatable bonds is 5. The molecule has 0 bridgehead atoms. The van der Waals surface area contributed by atoms with E-state index in [1.165, 1.54) is 6.42 Å². The Kier molecular flexibility index (Phi) is 3.56. The van der Waals surface area contributed by atoms with E-state index in [9.17, 15) is 0 Å². The molecule has 2 rings (SSSR count). The smallest absolute Gasteiger partial charge is 0.203 e. The Labute approximate surface area is 101 Å². The summed E-state index contributed by atoms with van der Waals surface area (Å²) in [5.41, 5.74) is 0.781. The first-order valence-electron chi connectivity index (χ1n) is 6.07. The standard InChI is InChI=1S/C12H19N5/c1-9(2)4-5-10(3)15-11-12-16-14-8-17(12)7-6-13-11/h6-10H,4-5H2,1-3H3,(H,13,15). The largest absolute Gasteiger partial charge is 0.364 e. The summed E-state index contributed by atoms with van der Waals surface area (Å²) in [7, 11) is 0. The molecule has 2 heterocycles. The molecule has 0 aromatic carbocycles. The Hall–Kier alpha value is -1.65. The molecule has 0 aliphatic carbocycles. The number of anilines is 1. The van der Waals surface area contributed by atoms with Crippen LogP contribution in [0.4, 0.5) is 5.82 Å². The molecule has 0 saturated carbocycles. The lowest BCUT2D eigenvalue weighted by atomic mass is 10.0. The van der Waals surface area contributed by atoms with Gasteiger partial charge >= 0.3 is 0 Å². The number of hydrogen-bond acceptors (Lipinski definition) is 4. The fraction of sp³-hybridized carbons (Fsp3) is 0.583. The molecule has 0 fully saturated rings. The monoisotopic (exact) mass is 233 g/mol. The number of hydrogen-bond donors (Lipinski definition) is 1. The van der Waals surface area contributed by atoms with Gasteiger partial charge in [-0.25, -0.2) is 4.98 Å². The first kappa shape index (κ1) is 11.8. The van der Waals surface area contributed by atoms with Gasteiger partial charge in [0.2, 0.25) is 5.65 Å². The zero-order valence-electron chi connectivity index (χ0n) is 10.6. The summed E-state index contributed by atoms with van der Waals surface area (Å²) in [6, 6.07) is 0.396. The van der Waals surface area contributed by atoms with E-state index < -0.39 is 0 Å². The van der Waals surface area contributed by atoms with Gasteiger partial charge in [-0.05, 0) is 25.7 Å². The minimum absolute atomic E-state index is 0.396. The maximum absolute atomic E-state index is 4.31. The lowest BCUT2D eigenvalue weighted by molar-refractivity contribution is 0.527. The van der Waals surface area contributed by atoms with E-state index in [4.69, 9.17) is 0 Å². The van der Waals surface area contributed by atoms with Crippen LogP contribution in [0.2, 0.25) is 0 Å². The molecule has 0 aliphatic heterocycles. The minimum Gasteiger partial charge on any atom is -0.364 e. The summed E-state index contributed by atoms with van der Waals surface area (Å²) >= 11 is 0. The number of nitrogens with one attached hydrogen (secondary N) is 1. The summed E-state index contributed by atoms with van der Waals surface area (Å²) in [5.74, 6) is 1.54. The van der Waals surface area contributed by atoms with Gasteiger partial charge in [-0.2, -0.15) is 0 Å². The van der Waals surface area contributed by atoms with E-state index in [1.54, 1.807) is 12.5 Å². The second-order valence-corrected chi connectivity index (χ2v) is 4.85. The van der Waals surface area contributed by atoms with E-state index in [0.29, 0.717) is 6.04 Å². The number of nitrogens with zero attached hydrogens (tertiary/aromatic N) is 4. The molecular formula is C12H19N5. The van der Waals surface area contributed by atoms with Crippen molar-refractivity contribution < 1.29 is 0 Å². The Balaban J connectivity index is 2.05. The molecule has 2 aromatic heterocycles. The van der Waals surface area contributed by atoms with Crippen molar-refractivity contribution in [2.75, 3.05) is 5.32 Å². The first-order chi connectivity index (χ1) is 8.16. The summed E-state index contributed by atoms with van der Waals surface area (Å²) in [5, 5.41) is 11.3. The lowest BCUT2D eigenvalue weighted by Gasteiger charge is -2.15. The van der Waals surface area contributed by atoms with Gasteiger partial charge in [-0.15, -0.1) is 10.2 Å². The van der Waals surface area contributed by atoms with Crippen LogP contribution in [-0.2, 0) is 0 Å². The van der Waals surface area contributed by atoms with Crippen LogP contribution in [0.3, 0.4) is 0 Å². The summed E-state index contributed by atoms with van der Waals surface area (Å²) in [6.07, 6.45) is 7.63. The average molecular weight is 233 g/mol. The molecule has 5 heteroatoms. The SMILES string of the molecule is CC(C)CCC(C)Nc1nccn2cnnc12. The quantitative estimate of drug-likeness (QED) is 0.861. The van der Waals surface area contributed by atoms with E-state index in [1.807, 2.05) is 10.6 Å². The zero-order chi connectivity index (χ0) is 12.3. The van der Waals surface area contributed by atoms with E-state index in [-0.39, 0.29) is 0 Å². The molecule has 0 spiro atoms. The third-order valence-corrected chi connectivity index (χ3v) is 2.78. The van der Waals surface area contributed by atoms with Gasteiger partial charge in [0, 0.05) is 18.4 Å². The van der Waals surface area contributed by atoms with Crippen molar-refractivity contribution in [3.63, 3.8) is 0 Å². The van der Waals surface area contributed by atoms with Gasteiger partial charge in [0.25, 0.3) is 0 Å². The van der Waals surface area contributed by atoms with Crippen molar-refractivity contribution in [1.29, 1.82) is 0 Å². The van der Waals surface area contributed by atoms with Crippen LogP contribution in [0.15, 0.2) is 18.7 Å². The van der Waals surface area contributed by atoms with Gasteiger partial charge in [0.05, 0.1) is 0 Å². The van der Waals surface area contributed by atoms with E-state index in [2.05, 4.69) is 41.3 Å². The predicted molar refractivity (Wildman–Crippen MR) is 67.9 cm³/mol. The highest BCUT2D eigenvalue weighted by Crippen LogP contribution is 2.14. The molecule has 2 aromatic rings. The predicted octanol–water partition coefficient (Wildman–Crippen LogP) is 2.36. The minimum atomic E-state index is 0.396. The Morgan fingerprint density at radius 2 is 2.12 bits per heavy atom. The average Bonchev–Trinajstić information content (AvgIpc) is 2.75. The molecule has 1 unspecified atom stereocenters. The maximum atomic E-state index is 4.31. The van der Waals surface area contributed by atoms with Crippen LogP contribution in [0, 0.1) is 5.92 Å². The van der Waals surface area contributed by atoms with Crippen molar-refractivity contribution in [2.24, 2.45) is 5.92 Å². The maximum Gasteiger partial charge on any atom is 0.203 e. The Morgan fingerprint density at radius 1 is 1.29 bits per heavy atom. The summed E-state index contributed by atoms with van der Waals surface area (Å²) in [4.78, 5) is 4.31. The molecule has 0 aliphatic rings. The number of aromatic nitrogens is 4. The molecule has 17 heavy (non-hydrogen) atoms. The van der Waals surface area contributed by atoms with Crippen LogP contribution < -0.4 is 5.32 Å².